The van der Waals surface area contributed by atoms with E-state index >= 15 is 0 Å². The topological polar surface area (TPSA) is 50.4 Å². The minimum atomic E-state index is -4.76. The third kappa shape index (κ3) is 5.66. The highest BCUT2D eigenvalue weighted by Crippen LogP contribution is 2.24. The number of nitrogens with one attached hydrogen (secondary N) is 2. The highest BCUT2D eigenvalue weighted by atomic mass is 19.4. The number of aryl methyl sites for hydroxylation is 1. The molecular weight excluding hydrogens is 340 g/mol. The lowest BCUT2D eigenvalue weighted by Crippen LogP contribution is -2.31. The molecule has 0 aromatic heterocycles. The number of hydrogen-bond acceptors (Lipinski definition) is 3. The lowest BCUT2D eigenvalue weighted by Gasteiger charge is -2.16. The van der Waals surface area contributed by atoms with Gasteiger partial charge < -0.3 is 15.4 Å². The number of anilines is 2. The summed E-state index contributed by atoms with van der Waals surface area (Å²) in [5.41, 5.74) is 1.22. The Labute approximate surface area is 141 Å². The van der Waals surface area contributed by atoms with Crippen LogP contribution in [0.15, 0.2) is 42.5 Å². The number of rotatable bonds is 5. The van der Waals surface area contributed by atoms with E-state index in [2.05, 4.69) is 15.4 Å². The fourth-order valence-electron chi connectivity index (χ4n) is 1.99. The van der Waals surface area contributed by atoms with E-state index in [0.717, 1.165) is 12.1 Å². The zero-order valence-electron chi connectivity index (χ0n) is 13.4. The molecule has 0 fully saturated rings. The second-order valence-electron chi connectivity index (χ2n) is 5.39. The first-order valence-corrected chi connectivity index (χ1v) is 7.33. The van der Waals surface area contributed by atoms with Gasteiger partial charge in [-0.15, -0.1) is 13.2 Å². The molecule has 2 aromatic carbocycles. The third-order valence-electron chi connectivity index (χ3n) is 3.30. The summed E-state index contributed by atoms with van der Waals surface area (Å²) in [7, 11) is 0. The van der Waals surface area contributed by atoms with Crippen molar-refractivity contribution in [3.63, 3.8) is 0 Å². The van der Waals surface area contributed by atoms with Gasteiger partial charge in [0.1, 0.15) is 17.6 Å². The Morgan fingerprint density at radius 2 is 1.68 bits per heavy atom. The van der Waals surface area contributed by atoms with Gasteiger partial charge in [-0.25, -0.2) is 4.39 Å². The van der Waals surface area contributed by atoms with Crippen LogP contribution in [0.5, 0.6) is 5.75 Å². The van der Waals surface area contributed by atoms with Crippen LogP contribution in [0.4, 0.5) is 28.9 Å². The quantitative estimate of drug-likeness (QED) is 0.777. The van der Waals surface area contributed by atoms with Gasteiger partial charge in [0.05, 0.1) is 0 Å². The Morgan fingerprint density at radius 1 is 1.08 bits per heavy atom. The first-order valence-electron chi connectivity index (χ1n) is 7.33. The Bertz CT molecular complexity index is 745. The van der Waals surface area contributed by atoms with Crippen LogP contribution in [0, 0.1) is 12.7 Å². The number of benzene rings is 2. The molecule has 0 bridgehead atoms. The molecule has 25 heavy (non-hydrogen) atoms. The molecule has 4 nitrogen and oxygen atoms in total. The smallest absolute Gasteiger partial charge is 0.406 e. The van der Waals surface area contributed by atoms with E-state index in [1.807, 2.05) is 0 Å². The van der Waals surface area contributed by atoms with Crippen LogP contribution in [0.2, 0.25) is 0 Å². The Balaban J connectivity index is 1.95. The van der Waals surface area contributed by atoms with Crippen LogP contribution >= 0.6 is 0 Å². The van der Waals surface area contributed by atoms with E-state index in [4.69, 9.17) is 0 Å². The second-order valence-corrected chi connectivity index (χ2v) is 5.39. The number of alkyl halides is 3. The molecule has 2 N–H and O–H groups in total. The lowest BCUT2D eigenvalue weighted by molar-refractivity contribution is -0.274. The van der Waals surface area contributed by atoms with Gasteiger partial charge in [0.25, 0.3) is 0 Å². The number of carbonyl (C=O) groups is 1. The number of ether oxygens (including phenoxy) is 1. The van der Waals surface area contributed by atoms with Crippen LogP contribution in [-0.4, -0.2) is 18.3 Å². The van der Waals surface area contributed by atoms with E-state index in [1.54, 1.807) is 26.0 Å². The molecule has 0 unspecified atom stereocenters. The zero-order valence-corrected chi connectivity index (χ0v) is 13.4. The Kier molecular flexibility index (Phi) is 5.51. The summed E-state index contributed by atoms with van der Waals surface area (Å²) in [6.07, 6.45) is -4.76. The Hall–Kier alpha value is -2.77. The number of hydrogen-bond donors (Lipinski definition) is 2. The number of carbonyl (C=O) groups excluding carboxylic acids is 1. The molecule has 1 atom stereocenters. The highest BCUT2D eigenvalue weighted by molar-refractivity contribution is 5.96. The van der Waals surface area contributed by atoms with Gasteiger partial charge in [-0.05, 0) is 55.8 Å². The van der Waals surface area contributed by atoms with Gasteiger partial charge in [0.2, 0.25) is 5.91 Å². The summed E-state index contributed by atoms with van der Waals surface area (Å²) >= 11 is 0. The SMILES string of the molecule is Cc1ccc(NC(=O)[C@@H](C)Nc2ccc(OC(F)(F)F)cc2)cc1F. The lowest BCUT2D eigenvalue weighted by atomic mass is 10.2. The maximum atomic E-state index is 13.5. The van der Waals surface area contributed by atoms with Gasteiger partial charge in [-0.1, -0.05) is 6.07 Å². The van der Waals surface area contributed by atoms with Crippen molar-refractivity contribution in [2.45, 2.75) is 26.3 Å². The molecule has 2 rings (SSSR count). The van der Waals surface area contributed by atoms with E-state index < -0.39 is 24.1 Å². The third-order valence-corrected chi connectivity index (χ3v) is 3.30. The van der Waals surface area contributed by atoms with Crippen LogP contribution in [0.3, 0.4) is 0 Å². The monoisotopic (exact) mass is 356 g/mol. The highest BCUT2D eigenvalue weighted by Gasteiger charge is 2.31. The first kappa shape index (κ1) is 18.6. The predicted molar refractivity (Wildman–Crippen MR) is 86.0 cm³/mol. The molecule has 0 radical (unpaired) electrons. The molecule has 134 valence electrons. The van der Waals surface area contributed by atoms with Crippen LogP contribution in [0.25, 0.3) is 0 Å². The van der Waals surface area contributed by atoms with Crippen molar-refractivity contribution < 1.29 is 27.1 Å². The van der Waals surface area contributed by atoms with E-state index in [-0.39, 0.29) is 5.75 Å². The summed E-state index contributed by atoms with van der Waals surface area (Å²) in [6, 6.07) is 8.62. The summed E-state index contributed by atoms with van der Waals surface area (Å²) in [4.78, 5) is 12.1. The van der Waals surface area contributed by atoms with Gasteiger partial charge in [0, 0.05) is 11.4 Å². The minimum Gasteiger partial charge on any atom is -0.406 e. The van der Waals surface area contributed by atoms with E-state index in [1.165, 1.54) is 18.2 Å². The molecule has 0 aliphatic rings. The molecule has 0 aliphatic carbocycles. The van der Waals surface area contributed by atoms with E-state index in [9.17, 15) is 22.4 Å². The molecule has 0 aliphatic heterocycles. The Morgan fingerprint density at radius 3 is 2.24 bits per heavy atom. The number of halogens is 4. The summed E-state index contributed by atoms with van der Waals surface area (Å²) in [5.74, 6) is -1.21. The molecule has 0 saturated heterocycles. The minimum absolute atomic E-state index is 0.315. The van der Waals surface area contributed by atoms with Crippen molar-refractivity contribution in [2.24, 2.45) is 0 Å². The largest absolute Gasteiger partial charge is 0.573 e. The first-order chi connectivity index (χ1) is 11.6. The van der Waals surface area contributed by atoms with Gasteiger partial charge in [-0.2, -0.15) is 0 Å². The van der Waals surface area contributed by atoms with Crippen molar-refractivity contribution in [1.82, 2.24) is 0 Å². The molecule has 0 spiro atoms. The summed E-state index contributed by atoms with van der Waals surface area (Å²) < 4.78 is 53.5. The van der Waals surface area contributed by atoms with Crippen molar-refractivity contribution >= 4 is 17.3 Å². The zero-order chi connectivity index (χ0) is 18.6. The fourth-order valence-corrected chi connectivity index (χ4v) is 1.99. The molecular formula is C17H16F4N2O2. The molecule has 2 aromatic rings. The average Bonchev–Trinajstić information content (AvgIpc) is 2.51. The van der Waals surface area contributed by atoms with Crippen molar-refractivity contribution in [1.29, 1.82) is 0 Å². The molecule has 1 amide bonds. The van der Waals surface area contributed by atoms with Gasteiger partial charge >= 0.3 is 6.36 Å². The van der Waals surface area contributed by atoms with Gasteiger partial charge in [-0.3, -0.25) is 4.79 Å². The maximum absolute atomic E-state index is 13.5. The van der Waals surface area contributed by atoms with Crippen LogP contribution < -0.4 is 15.4 Å². The van der Waals surface area contributed by atoms with Crippen LogP contribution in [0.1, 0.15) is 12.5 Å². The molecule has 0 saturated carbocycles. The molecule has 0 heterocycles. The standard InChI is InChI=1S/C17H16F4N2O2/c1-10-3-4-13(9-15(10)18)23-16(24)11(2)22-12-5-7-14(8-6-12)25-17(19,20)21/h3-9,11,22H,1-2H3,(H,23,24)/t11-/m1/s1. The summed E-state index contributed by atoms with van der Waals surface area (Å²) in [5, 5.41) is 5.39. The van der Waals surface area contributed by atoms with Crippen molar-refractivity contribution in [3.05, 3.63) is 53.8 Å². The predicted octanol–water partition coefficient (Wildman–Crippen LogP) is 4.47. The number of amides is 1. The maximum Gasteiger partial charge on any atom is 0.573 e. The second kappa shape index (κ2) is 7.42. The summed E-state index contributed by atoms with van der Waals surface area (Å²) in [6.45, 7) is 3.18. The van der Waals surface area contributed by atoms with Crippen molar-refractivity contribution in [2.75, 3.05) is 10.6 Å². The van der Waals surface area contributed by atoms with Gasteiger partial charge in [0.15, 0.2) is 0 Å². The molecule has 8 heteroatoms. The average molecular weight is 356 g/mol. The van der Waals surface area contributed by atoms with Crippen LogP contribution in [-0.2, 0) is 4.79 Å². The van der Waals surface area contributed by atoms with E-state index in [0.29, 0.717) is 16.9 Å². The van der Waals surface area contributed by atoms with Crippen molar-refractivity contribution in [3.8, 4) is 5.75 Å². The normalized spacial score (nSPS) is 12.4. The fraction of sp³-hybridized carbons (Fsp3) is 0.235.